The SMILES string of the molecule is CC(C)(O)CC/C=C/C1CCCCC1. The van der Waals surface area contributed by atoms with E-state index in [4.69, 9.17) is 0 Å². The van der Waals surface area contributed by atoms with Crippen molar-refractivity contribution < 1.29 is 5.11 Å². The molecule has 0 amide bonds. The Balaban J connectivity index is 2.13. The van der Waals surface area contributed by atoms with Crippen molar-refractivity contribution in [2.45, 2.75) is 64.4 Å². The fourth-order valence-corrected chi connectivity index (χ4v) is 2.05. The van der Waals surface area contributed by atoms with Crippen molar-refractivity contribution >= 4 is 0 Å². The summed E-state index contributed by atoms with van der Waals surface area (Å²) in [6.45, 7) is 3.75. The topological polar surface area (TPSA) is 20.2 Å². The Hall–Kier alpha value is -0.300. The molecule has 0 bridgehead atoms. The first-order chi connectivity index (χ1) is 6.58. The molecule has 0 atom stereocenters. The van der Waals surface area contributed by atoms with Gasteiger partial charge in [0.1, 0.15) is 0 Å². The smallest absolute Gasteiger partial charge is 0.0594 e. The van der Waals surface area contributed by atoms with E-state index in [9.17, 15) is 5.11 Å². The molecule has 1 aliphatic carbocycles. The van der Waals surface area contributed by atoms with E-state index in [1.807, 2.05) is 13.8 Å². The molecule has 0 radical (unpaired) electrons. The predicted octanol–water partition coefficient (Wildman–Crippen LogP) is 3.67. The second-order valence-electron chi connectivity index (χ2n) is 5.18. The zero-order valence-electron chi connectivity index (χ0n) is 9.63. The summed E-state index contributed by atoms with van der Waals surface area (Å²) in [5.74, 6) is 0.825. The summed E-state index contributed by atoms with van der Waals surface area (Å²) >= 11 is 0. The highest BCUT2D eigenvalue weighted by Crippen LogP contribution is 2.24. The molecular formula is C13H24O. The van der Waals surface area contributed by atoms with Crippen molar-refractivity contribution in [1.29, 1.82) is 0 Å². The predicted molar refractivity (Wildman–Crippen MR) is 61.2 cm³/mol. The van der Waals surface area contributed by atoms with Crippen molar-refractivity contribution in [2.75, 3.05) is 0 Å². The Bertz CT molecular complexity index is 170. The zero-order valence-corrected chi connectivity index (χ0v) is 9.63. The number of allylic oxidation sites excluding steroid dienone is 2. The van der Waals surface area contributed by atoms with Crippen LogP contribution in [0.5, 0.6) is 0 Å². The van der Waals surface area contributed by atoms with Crippen LogP contribution in [0.1, 0.15) is 58.8 Å². The summed E-state index contributed by atoms with van der Waals surface area (Å²) in [5.41, 5.74) is -0.503. The molecule has 1 N–H and O–H groups in total. The summed E-state index contributed by atoms with van der Waals surface area (Å²) in [6, 6.07) is 0. The second kappa shape index (κ2) is 5.55. The largest absolute Gasteiger partial charge is 0.390 e. The van der Waals surface area contributed by atoms with E-state index in [2.05, 4.69) is 12.2 Å². The van der Waals surface area contributed by atoms with Gasteiger partial charge in [-0.2, -0.15) is 0 Å². The van der Waals surface area contributed by atoms with Gasteiger partial charge in [-0.05, 0) is 45.4 Å². The lowest BCUT2D eigenvalue weighted by atomic mass is 9.88. The average molecular weight is 196 g/mol. The average Bonchev–Trinajstić information content (AvgIpc) is 2.13. The van der Waals surface area contributed by atoms with E-state index in [0.717, 1.165) is 18.8 Å². The summed E-state index contributed by atoms with van der Waals surface area (Å²) in [5, 5.41) is 9.52. The molecule has 0 aromatic rings. The first-order valence-electron chi connectivity index (χ1n) is 5.97. The lowest BCUT2D eigenvalue weighted by molar-refractivity contribution is 0.0721. The van der Waals surface area contributed by atoms with Crippen molar-refractivity contribution in [3.63, 3.8) is 0 Å². The van der Waals surface area contributed by atoms with Crippen molar-refractivity contribution in [1.82, 2.24) is 0 Å². The molecule has 1 heteroatoms. The van der Waals surface area contributed by atoms with Gasteiger partial charge in [0.05, 0.1) is 5.60 Å². The molecule has 1 rings (SSSR count). The molecule has 0 aromatic carbocycles. The number of rotatable bonds is 4. The Morgan fingerprint density at radius 3 is 2.43 bits per heavy atom. The molecule has 82 valence electrons. The van der Waals surface area contributed by atoms with Crippen LogP contribution in [-0.2, 0) is 0 Å². The summed E-state index contributed by atoms with van der Waals surface area (Å²) in [4.78, 5) is 0. The van der Waals surface area contributed by atoms with E-state index >= 15 is 0 Å². The molecule has 0 aliphatic heterocycles. The van der Waals surface area contributed by atoms with Gasteiger partial charge >= 0.3 is 0 Å². The van der Waals surface area contributed by atoms with Gasteiger partial charge in [-0.3, -0.25) is 0 Å². The van der Waals surface area contributed by atoms with Gasteiger partial charge < -0.3 is 5.11 Å². The summed E-state index contributed by atoms with van der Waals surface area (Å²) in [6.07, 6.45) is 13.5. The van der Waals surface area contributed by atoms with Crippen LogP contribution in [0.25, 0.3) is 0 Å². The van der Waals surface area contributed by atoms with Crippen LogP contribution in [0.4, 0.5) is 0 Å². The van der Waals surface area contributed by atoms with Gasteiger partial charge in [0.2, 0.25) is 0 Å². The minimum Gasteiger partial charge on any atom is -0.390 e. The van der Waals surface area contributed by atoms with E-state index in [1.54, 1.807) is 0 Å². The van der Waals surface area contributed by atoms with Gasteiger partial charge in [-0.1, -0.05) is 31.4 Å². The normalized spacial score (nSPS) is 20.5. The van der Waals surface area contributed by atoms with Crippen LogP contribution in [0.15, 0.2) is 12.2 Å². The first-order valence-corrected chi connectivity index (χ1v) is 5.97. The fraction of sp³-hybridized carbons (Fsp3) is 0.846. The molecule has 0 spiro atoms. The monoisotopic (exact) mass is 196 g/mol. The van der Waals surface area contributed by atoms with Crippen LogP contribution in [0, 0.1) is 5.92 Å². The fourth-order valence-electron chi connectivity index (χ4n) is 2.05. The van der Waals surface area contributed by atoms with Gasteiger partial charge in [0.15, 0.2) is 0 Å². The van der Waals surface area contributed by atoms with Gasteiger partial charge in [0, 0.05) is 0 Å². The van der Waals surface area contributed by atoms with Crippen LogP contribution in [-0.4, -0.2) is 10.7 Å². The van der Waals surface area contributed by atoms with Crippen LogP contribution in [0.3, 0.4) is 0 Å². The standard InChI is InChI=1S/C13H24O/c1-13(2,14)11-7-6-10-12-8-4-3-5-9-12/h6,10,12,14H,3-5,7-9,11H2,1-2H3/b10-6+. The number of hydrogen-bond acceptors (Lipinski definition) is 1. The highest BCUT2D eigenvalue weighted by atomic mass is 16.3. The molecule has 1 saturated carbocycles. The minimum atomic E-state index is -0.503. The zero-order chi connectivity index (χ0) is 10.4. The van der Waals surface area contributed by atoms with Crippen molar-refractivity contribution in [3.05, 3.63) is 12.2 Å². The highest BCUT2D eigenvalue weighted by molar-refractivity contribution is 4.90. The molecule has 1 fully saturated rings. The number of aliphatic hydroxyl groups is 1. The molecular weight excluding hydrogens is 172 g/mol. The van der Waals surface area contributed by atoms with E-state index in [0.29, 0.717) is 0 Å². The third-order valence-electron chi connectivity index (χ3n) is 2.98. The Labute approximate surface area is 88.2 Å². The van der Waals surface area contributed by atoms with E-state index < -0.39 is 5.60 Å². The maximum absolute atomic E-state index is 9.52. The van der Waals surface area contributed by atoms with Crippen molar-refractivity contribution in [3.8, 4) is 0 Å². The van der Waals surface area contributed by atoms with E-state index in [1.165, 1.54) is 32.1 Å². The van der Waals surface area contributed by atoms with Gasteiger partial charge in [0.25, 0.3) is 0 Å². The molecule has 0 saturated heterocycles. The quantitative estimate of drug-likeness (QED) is 0.680. The van der Waals surface area contributed by atoms with Crippen LogP contribution >= 0.6 is 0 Å². The second-order valence-corrected chi connectivity index (χ2v) is 5.18. The van der Waals surface area contributed by atoms with Crippen LogP contribution < -0.4 is 0 Å². The summed E-state index contributed by atoms with van der Waals surface area (Å²) < 4.78 is 0. The van der Waals surface area contributed by atoms with Crippen LogP contribution in [0.2, 0.25) is 0 Å². The molecule has 0 unspecified atom stereocenters. The van der Waals surface area contributed by atoms with Gasteiger partial charge in [-0.25, -0.2) is 0 Å². The Kier molecular flexibility index (Phi) is 4.67. The molecule has 0 heterocycles. The first kappa shape index (κ1) is 11.8. The molecule has 1 aliphatic rings. The minimum absolute atomic E-state index is 0.503. The lowest BCUT2D eigenvalue weighted by Gasteiger charge is -2.18. The molecule has 0 aromatic heterocycles. The third-order valence-corrected chi connectivity index (χ3v) is 2.98. The molecule has 14 heavy (non-hydrogen) atoms. The van der Waals surface area contributed by atoms with Gasteiger partial charge in [-0.15, -0.1) is 0 Å². The highest BCUT2D eigenvalue weighted by Gasteiger charge is 2.11. The molecule has 1 nitrogen and oxygen atoms in total. The Morgan fingerprint density at radius 1 is 1.21 bits per heavy atom. The summed E-state index contributed by atoms with van der Waals surface area (Å²) in [7, 11) is 0. The van der Waals surface area contributed by atoms with Crippen molar-refractivity contribution in [2.24, 2.45) is 5.92 Å². The maximum Gasteiger partial charge on any atom is 0.0594 e. The maximum atomic E-state index is 9.52. The third kappa shape index (κ3) is 5.43. The Morgan fingerprint density at radius 2 is 1.86 bits per heavy atom. The lowest BCUT2D eigenvalue weighted by Crippen LogP contribution is -2.17. The van der Waals surface area contributed by atoms with E-state index in [-0.39, 0.29) is 0 Å². The number of hydrogen-bond donors (Lipinski definition) is 1.